The Morgan fingerprint density at radius 2 is 1.67 bits per heavy atom. The number of aromatic nitrogens is 1. The molecule has 0 radical (unpaired) electrons. The molecule has 4 nitrogen and oxygen atoms in total. The van der Waals surface area contributed by atoms with Crippen LogP contribution in [0.25, 0.3) is 22.2 Å². The van der Waals surface area contributed by atoms with Gasteiger partial charge in [-0.25, -0.2) is 0 Å². The predicted molar refractivity (Wildman–Crippen MR) is 82.2 cm³/mol. The minimum Gasteiger partial charge on any atom is -0.497 e. The van der Waals surface area contributed by atoms with E-state index in [0.717, 1.165) is 34.2 Å². The van der Waals surface area contributed by atoms with Gasteiger partial charge in [0.25, 0.3) is 0 Å². The zero-order valence-corrected chi connectivity index (χ0v) is 11.8. The highest BCUT2D eigenvalue weighted by Gasteiger charge is 2.10. The summed E-state index contributed by atoms with van der Waals surface area (Å²) in [4.78, 5) is 14.6. The standard InChI is InChI=1S/C17H15NO3/c1-20-13-5-6-16-12(7-13)8-17(18-16)15-9-14(21-2)4-3-11(15)10-19/h3-10,18H,1-2H3. The van der Waals surface area contributed by atoms with Crippen LogP contribution in [-0.2, 0) is 0 Å². The Labute approximate surface area is 122 Å². The van der Waals surface area contributed by atoms with Crippen LogP contribution < -0.4 is 9.47 Å². The lowest BCUT2D eigenvalue weighted by Crippen LogP contribution is -1.90. The number of fused-ring (bicyclic) bond motifs is 1. The summed E-state index contributed by atoms with van der Waals surface area (Å²) in [5.74, 6) is 1.51. The Hall–Kier alpha value is -2.75. The first-order valence-corrected chi connectivity index (χ1v) is 6.55. The fraction of sp³-hybridized carbons (Fsp3) is 0.118. The number of carbonyl (C=O) groups is 1. The Morgan fingerprint density at radius 1 is 0.952 bits per heavy atom. The van der Waals surface area contributed by atoms with Crippen LogP contribution in [0.15, 0.2) is 42.5 Å². The Bertz CT molecular complexity index is 805. The topological polar surface area (TPSA) is 51.3 Å². The molecular weight excluding hydrogens is 266 g/mol. The molecule has 1 heterocycles. The smallest absolute Gasteiger partial charge is 0.150 e. The Balaban J connectivity index is 2.17. The molecule has 1 aromatic heterocycles. The highest BCUT2D eigenvalue weighted by Crippen LogP contribution is 2.30. The fourth-order valence-electron chi connectivity index (χ4n) is 2.38. The van der Waals surface area contributed by atoms with Crippen LogP contribution in [0.5, 0.6) is 11.5 Å². The van der Waals surface area contributed by atoms with Gasteiger partial charge in [0, 0.05) is 27.7 Å². The molecule has 0 spiro atoms. The maximum atomic E-state index is 11.2. The van der Waals surface area contributed by atoms with Crippen molar-refractivity contribution >= 4 is 17.2 Å². The normalized spacial score (nSPS) is 10.6. The zero-order valence-electron chi connectivity index (χ0n) is 11.8. The molecule has 0 saturated heterocycles. The first-order chi connectivity index (χ1) is 10.2. The van der Waals surface area contributed by atoms with E-state index >= 15 is 0 Å². The van der Waals surface area contributed by atoms with Gasteiger partial charge in [0.05, 0.1) is 14.2 Å². The Kier molecular flexibility index (Phi) is 3.36. The number of H-pyrrole nitrogens is 1. The van der Waals surface area contributed by atoms with E-state index in [1.807, 2.05) is 30.3 Å². The number of hydrogen-bond donors (Lipinski definition) is 1. The van der Waals surface area contributed by atoms with Gasteiger partial charge in [-0.3, -0.25) is 4.79 Å². The maximum absolute atomic E-state index is 11.2. The van der Waals surface area contributed by atoms with E-state index in [9.17, 15) is 4.79 Å². The molecule has 0 unspecified atom stereocenters. The first-order valence-electron chi connectivity index (χ1n) is 6.55. The quantitative estimate of drug-likeness (QED) is 0.742. The van der Waals surface area contributed by atoms with Crippen LogP contribution in [-0.4, -0.2) is 25.5 Å². The van der Waals surface area contributed by atoms with E-state index in [2.05, 4.69) is 4.98 Å². The summed E-state index contributed by atoms with van der Waals surface area (Å²) in [6.45, 7) is 0. The molecule has 3 aromatic rings. The largest absolute Gasteiger partial charge is 0.497 e. The minimum atomic E-state index is 0.620. The molecule has 0 fully saturated rings. The molecule has 21 heavy (non-hydrogen) atoms. The number of aromatic amines is 1. The highest BCUT2D eigenvalue weighted by atomic mass is 16.5. The number of aldehydes is 1. The number of rotatable bonds is 4. The third kappa shape index (κ3) is 2.36. The van der Waals surface area contributed by atoms with Crippen molar-refractivity contribution in [1.29, 1.82) is 0 Å². The van der Waals surface area contributed by atoms with Gasteiger partial charge in [0.15, 0.2) is 6.29 Å². The van der Waals surface area contributed by atoms with Crippen molar-refractivity contribution in [2.24, 2.45) is 0 Å². The van der Waals surface area contributed by atoms with E-state index in [1.165, 1.54) is 0 Å². The molecule has 0 saturated carbocycles. The molecule has 1 N–H and O–H groups in total. The third-order valence-electron chi connectivity index (χ3n) is 3.51. The molecule has 106 valence electrons. The van der Waals surface area contributed by atoms with Crippen molar-refractivity contribution in [3.8, 4) is 22.8 Å². The lowest BCUT2D eigenvalue weighted by Gasteiger charge is -2.05. The minimum absolute atomic E-state index is 0.620. The monoisotopic (exact) mass is 281 g/mol. The lowest BCUT2D eigenvalue weighted by molar-refractivity contribution is 0.112. The summed E-state index contributed by atoms with van der Waals surface area (Å²) in [6, 6.07) is 13.2. The van der Waals surface area contributed by atoms with Gasteiger partial charge >= 0.3 is 0 Å². The van der Waals surface area contributed by atoms with E-state index in [1.54, 1.807) is 26.4 Å². The number of ether oxygens (including phenoxy) is 2. The second-order valence-corrected chi connectivity index (χ2v) is 4.71. The lowest BCUT2D eigenvalue weighted by atomic mass is 10.0. The van der Waals surface area contributed by atoms with Crippen molar-refractivity contribution in [2.75, 3.05) is 14.2 Å². The average molecular weight is 281 g/mol. The van der Waals surface area contributed by atoms with Crippen LogP contribution in [0.1, 0.15) is 10.4 Å². The van der Waals surface area contributed by atoms with Gasteiger partial charge in [0.1, 0.15) is 11.5 Å². The summed E-state index contributed by atoms with van der Waals surface area (Å²) < 4.78 is 10.5. The second-order valence-electron chi connectivity index (χ2n) is 4.71. The number of hydrogen-bond acceptors (Lipinski definition) is 3. The van der Waals surface area contributed by atoms with Crippen LogP contribution in [0.2, 0.25) is 0 Å². The van der Waals surface area contributed by atoms with Gasteiger partial charge in [-0.15, -0.1) is 0 Å². The zero-order chi connectivity index (χ0) is 14.8. The summed E-state index contributed by atoms with van der Waals surface area (Å²) in [6.07, 6.45) is 0.848. The van der Waals surface area contributed by atoms with Gasteiger partial charge in [-0.2, -0.15) is 0 Å². The van der Waals surface area contributed by atoms with Crippen molar-refractivity contribution in [3.63, 3.8) is 0 Å². The summed E-state index contributed by atoms with van der Waals surface area (Å²) in [5.41, 5.74) is 3.30. The average Bonchev–Trinajstić information content (AvgIpc) is 2.96. The molecule has 0 amide bonds. The first kappa shape index (κ1) is 13.2. The van der Waals surface area contributed by atoms with Crippen LogP contribution in [0.3, 0.4) is 0 Å². The van der Waals surface area contributed by atoms with E-state index in [4.69, 9.17) is 9.47 Å². The second kappa shape index (κ2) is 5.32. The van der Waals surface area contributed by atoms with Gasteiger partial charge in [-0.1, -0.05) is 0 Å². The van der Waals surface area contributed by atoms with Gasteiger partial charge < -0.3 is 14.5 Å². The number of nitrogens with one attached hydrogen (secondary N) is 1. The molecule has 2 aromatic carbocycles. The maximum Gasteiger partial charge on any atom is 0.150 e. The number of methoxy groups -OCH3 is 2. The van der Waals surface area contributed by atoms with E-state index in [0.29, 0.717) is 11.3 Å². The predicted octanol–water partition coefficient (Wildman–Crippen LogP) is 3.66. The van der Waals surface area contributed by atoms with Crippen LogP contribution in [0, 0.1) is 0 Å². The highest BCUT2D eigenvalue weighted by molar-refractivity contribution is 5.92. The molecule has 3 rings (SSSR count). The van der Waals surface area contributed by atoms with Crippen LogP contribution in [0.4, 0.5) is 0 Å². The van der Waals surface area contributed by atoms with Crippen molar-refractivity contribution in [3.05, 3.63) is 48.0 Å². The summed E-state index contributed by atoms with van der Waals surface area (Å²) in [7, 11) is 3.25. The number of benzene rings is 2. The molecule has 0 aliphatic rings. The van der Waals surface area contributed by atoms with Crippen molar-refractivity contribution < 1.29 is 14.3 Å². The summed E-state index contributed by atoms with van der Waals surface area (Å²) in [5, 5.41) is 1.03. The van der Waals surface area contributed by atoms with E-state index in [-0.39, 0.29) is 0 Å². The molecule has 0 bridgehead atoms. The summed E-state index contributed by atoms with van der Waals surface area (Å²) >= 11 is 0. The van der Waals surface area contributed by atoms with E-state index < -0.39 is 0 Å². The molecular formula is C17H15NO3. The fourth-order valence-corrected chi connectivity index (χ4v) is 2.38. The van der Waals surface area contributed by atoms with Crippen molar-refractivity contribution in [1.82, 2.24) is 4.98 Å². The molecule has 0 aliphatic carbocycles. The molecule has 0 aliphatic heterocycles. The van der Waals surface area contributed by atoms with Crippen LogP contribution >= 0.6 is 0 Å². The molecule has 4 heteroatoms. The Morgan fingerprint density at radius 3 is 2.38 bits per heavy atom. The van der Waals surface area contributed by atoms with Gasteiger partial charge in [-0.05, 0) is 42.5 Å². The van der Waals surface area contributed by atoms with Gasteiger partial charge in [0.2, 0.25) is 0 Å². The van der Waals surface area contributed by atoms with Crippen molar-refractivity contribution in [2.45, 2.75) is 0 Å². The number of carbonyl (C=O) groups excluding carboxylic acids is 1. The SMILES string of the molecule is COc1ccc(C=O)c(-c2cc3cc(OC)ccc3[nH]2)c1. The molecule has 0 atom stereocenters. The third-order valence-corrected chi connectivity index (χ3v) is 3.51.